The molecule has 1 rings (SSSR count). The fraction of sp³-hybridized carbons (Fsp3) is 0.286. The van der Waals surface area contributed by atoms with E-state index in [2.05, 4.69) is 25.7 Å². The second kappa shape index (κ2) is 4.83. The van der Waals surface area contributed by atoms with Crippen molar-refractivity contribution in [2.24, 2.45) is 5.73 Å². The Hall–Kier alpha value is -0.0900. The van der Waals surface area contributed by atoms with Crippen LogP contribution in [0, 0.1) is 3.57 Å². The van der Waals surface area contributed by atoms with Crippen LogP contribution in [0.1, 0.15) is 5.69 Å². The molecule has 0 saturated carbocycles. The summed E-state index contributed by atoms with van der Waals surface area (Å²) in [5.41, 5.74) is 5.60. The SMILES string of the molecule is NCc1cc(Br)c(I)c(OC(F)(F)F)n1. The molecule has 1 aromatic rings. The minimum absolute atomic E-state index is 0.0454. The first-order valence-corrected chi connectivity index (χ1v) is 5.51. The van der Waals surface area contributed by atoms with Gasteiger partial charge in [0.05, 0.1) is 9.26 Å². The van der Waals surface area contributed by atoms with Gasteiger partial charge in [0.15, 0.2) is 0 Å². The van der Waals surface area contributed by atoms with Crippen LogP contribution in [0.2, 0.25) is 0 Å². The molecule has 0 radical (unpaired) electrons. The highest BCUT2D eigenvalue weighted by Crippen LogP contribution is 2.31. The minimum atomic E-state index is -4.75. The lowest BCUT2D eigenvalue weighted by Gasteiger charge is -2.11. The largest absolute Gasteiger partial charge is 0.574 e. The number of hydrogen-bond acceptors (Lipinski definition) is 3. The van der Waals surface area contributed by atoms with Crippen molar-refractivity contribution in [3.8, 4) is 5.88 Å². The van der Waals surface area contributed by atoms with E-state index >= 15 is 0 Å². The van der Waals surface area contributed by atoms with Crippen LogP contribution in [0.3, 0.4) is 0 Å². The summed E-state index contributed by atoms with van der Waals surface area (Å²) in [6.45, 7) is 0.0454. The van der Waals surface area contributed by atoms with E-state index in [0.29, 0.717) is 10.2 Å². The summed E-state index contributed by atoms with van der Waals surface area (Å²) in [4.78, 5) is 3.63. The lowest BCUT2D eigenvalue weighted by molar-refractivity contribution is -0.276. The Morgan fingerprint density at radius 1 is 1.53 bits per heavy atom. The standard InChI is InChI=1S/C7H5BrF3IN2O/c8-4-1-3(2-13)14-6(5(4)12)15-7(9,10)11/h1H,2,13H2. The van der Waals surface area contributed by atoms with Crippen molar-refractivity contribution >= 4 is 38.5 Å². The van der Waals surface area contributed by atoms with Crippen LogP contribution in [0.15, 0.2) is 10.5 Å². The van der Waals surface area contributed by atoms with Gasteiger partial charge in [0.1, 0.15) is 0 Å². The van der Waals surface area contributed by atoms with Crippen molar-refractivity contribution in [2.75, 3.05) is 0 Å². The molecule has 0 bridgehead atoms. The lowest BCUT2D eigenvalue weighted by atomic mass is 10.3. The Bertz CT molecular complexity index is 372. The fourth-order valence-corrected chi connectivity index (χ4v) is 1.63. The Morgan fingerprint density at radius 2 is 2.13 bits per heavy atom. The molecule has 0 spiro atoms. The smallest absolute Gasteiger partial charge is 0.387 e. The molecule has 0 aliphatic heterocycles. The van der Waals surface area contributed by atoms with Crippen molar-refractivity contribution in [3.05, 3.63) is 19.8 Å². The maximum atomic E-state index is 12.0. The van der Waals surface area contributed by atoms with Crippen LogP contribution in [-0.4, -0.2) is 11.3 Å². The Kier molecular flexibility index (Phi) is 4.18. The zero-order chi connectivity index (χ0) is 11.6. The third-order valence-corrected chi connectivity index (χ3v) is 3.77. The quantitative estimate of drug-likeness (QED) is 0.782. The highest BCUT2D eigenvalue weighted by Gasteiger charge is 2.33. The van der Waals surface area contributed by atoms with Crippen LogP contribution in [0.4, 0.5) is 13.2 Å². The number of rotatable bonds is 2. The molecule has 0 atom stereocenters. The second-order valence-electron chi connectivity index (χ2n) is 2.47. The number of pyridine rings is 1. The number of hydrogen-bond donors (Lipinski definition) is 1. The number of nitrogens with two attached hydrogens (primary N) is 1. The molecule has 2 N–H and O–H groups in total. The molecular formula is C7H5BrF3IN2O. The molecule has 0 aliphatic rings. The molecule has 0 fully saturated rings. The van der Waals surface area contributed by atoms with Crippen molar-refractivity contribution in [1.29, 1.82) is 0 Å². The average molecular weight is 397 g/mol. The third kappa shape index (κ3) is 3.76. The highest BCUT2D eigenvalue weighted by atomic mass is 127. The number of halogens is 5. The van der Waals surface area contributed by atoms with Crippen molar-refractivity contribution in [2.45, 2.75) is 12.9 Å². The summed E-state index contributed by atoms with van der Waals surface area (Å²) < 4.78 is 40.4. The molecule has 15 heavy (non-hydrogen) atoms. The Labute approximate surface area is 105 Å². The normalized spacial score (nSPS) is 11.6. The molecule has 0 aliphatic carbocycles. The molecule has 1 heterocycles. The van der Waals surface area contributed by atoms with Crippen LogP contribution >= 0.6 is 38.5 Å². The summed E-state index contributed by atoms with van der Waals surface area (Å²) in [7, 11) is 0. The molecule has 0 saturated heterocycles. The number of ether oxygens (including phenoxy) is 1. The maximum Gasteiger partial charge on any atom is 0.574 e. The maximum absolute atomic E-state index is 12.0. The van der Waals surface area contributed by atoms with Gasteiger partial charge < -0.3 is 10.5 Å². The number of aromatic nitrogens is 1. The number of alkyl halides is 3. The minimum Gasteiger partial charge on any atom is -0.387 e. The predicted molar refractivity (Wildman–Crippen MR) is 59.2 cm³/mol. The summed E-state index contributed by atoms with van der Waals surface area (Å²) in [6, 6.07) is 1.55. The van der Waals surface area contributed by atoms with E-state index in [1.165, 1.54) is 0 Å². The van der Waals surface area contributed by atoms with Crippen LogP contribution < -0.4 is 10.5 Å². The Balaban J connectivity index is 3.11. The van der Waals surface area contributed by atoms with Crippen LogP contribution in [-0.2, 0) is 6.54 Å². The zero-order valence-corrected chi connectivity index (χ0v) is 10.9. The van der Waals surface area contributed by atoms with Gasteiger partial charge in [0.2, 0.25) is 5.88 Å². The summed E-state index contributed by atoms with van der Waals surface area (Å²) >= 11 is 4.80. The molecule has 0 unspecified atom stereocenters. The van der Waals surface area contributed by atoms with Gasteiger partial charge >= 0.3 is 6.36 Å². The van der Waals surface area contributed by atoms with Gasteiger partial charge in [-0.2, -0.15) is 0 Å². The van der Waals surface area contributed by atoms with Crippen LogP contribution in [0.25, 0.3) is 0 Å². The molecule has 8 heteroatoms. The van der Waals surface area contributed by atoms with Crippen molar-refractivity contribution < 1.29 is 17.9 Å². The van der Waals surface area contributed by atoms with Gasteiger partial charge in [-0.15, -0.1) is 13.2 Å². The van der Waals surface area contributed by atoms with E-state index in [-0.39, 0.29) is 10.1 Å². The highest BCUT2D eigenvalue weighted by molar-refractivity contribution is 14.1. The van der Waals surface area contributed by atoms with Crippen LogP contribution in [0.5, 0.6) is 5.88 Å². The summed E-state index contributed by atoms with van der Waals surface area (Å²) in [5.74, 6) is -0.488. The second-order valence-corrected chi connectivity index (χ2v) is 4.40. The molecular weight excluding hydrogens is 392 g/mol. The van der Waals surface area contributed by atoms with E-state index in [0.717, 1.165) is 0 Å². The van der Waals surface area contributed by atoms with E-state index in [1.54, 1.807) is 28.7 Å². The van der Waals surface area contributed by atoms with Gasteiger partial charge in [-0.05, 0) is 44.6 Å². The van der Waals surface area contributed by atoms with Gasteiger partial charge in [-0.25, -0.2) is 4.98 Å². The molecule has 3 nitrogen and oxygen atoms in total. The van der Waals surface area contributed by atoms with E-state index in [1.807, 2.05) is 0 Å². The summed E-state index contributed by atoms with van der Waals surface area (Å²) in [5, 5.41) is 0. The summed E-state index contributed by atoms with van der Waals surface area (Å²) in [6.07, 6.45) is -4.75. The van der Waals surface area contributed by atoms with Crippen molar-refractivity contribution in [3.63, 3.8) is 0 Å². The monoisotopic (exact) mass is 396 g/mol. The van der Waals surface area contributed by atoms with Gasteiger partial charge in [-0.3, -0.25) is 0 Å². The first-order chi connectivity index (χ1) is 6.83. The van der Waals surface area contributed by atoms with Gasteiger partial charge in [0, 0.05) is 11.0 Å². The average Bonchev–Trinajstić information content (AvgIpc) is 2.10. The fourth-order valence-electron chi connectivity index (χ4n) is 0.805. The predicted octanol–water partition coefficient (Wildman–Crippen LogP) is 2.81. The molecule has 1 aromatic heterocycles. The van der Waals surface area contributed by atoms with Gasteiger partial charge in [0.25, 0.3) is 0 Å². The zero-order valence-electron chi connectivity index (χ0n) is 7.11. The first kappa shape index (κ1) is 13.0. The third-order valence-electron chi connectivity index (χ3n) is 1.36. The topological polar surface area (TPSA) is 48.1 Å². The molecule has 84 valence electrons. The first-order valence-electron chi connectivity index (χ1n) is 3.64. The molecule has 0 aromatic carbocycles. The lowest BCUT2D eigenvalue weighted by Crippen LogP contribution is -2.19. The number of nitrogens with zero attached hydrogens (tertiary/aromatic N) is 1. The van der Waals surface area contributed by atoms with E-state index < -0.39 is 12.2 Å². The van der Waals surface area contributed by atoms with E-state index in [9.17, 15) is 13.2 Å². The van der Waals surface area contributed by atoms with Gasteiger partial charge in [-0.1, -0.05) is 0 Å². The van der Waals surface area contributed by atoms with Crippen molar-refractivity contribution in [1.82, 2.24) is 4.98 Å². The van der Waals surface area contributed by atoms with E-state index in [4.69, 9.17) is 5.73 Å². The molecule has 0 amide bonds. The Morgan fingerprint density at radius 3 is 2.60 bits per heavy atom.